The highest BCUT2D eigenvalue weighted by Gasteiger charge is 2.20. The summed E-state index contributed by atoms with van der Waals surface area (Å²) in [5.74, 6) is -0.327. The molecule has 0 rings (SSSR count). The van der Waals surface area contributed by atoms with Crippen molar-refractivity contribution in [2.45, 2.75) is 20.8 Å². The molecule has 0 atom stereocenters. The molecule has 0 radical (unpaired) electrons. The van der Waals surface area contributed by atoms with Gasteiger partial charge in [0, 0.05) is 6.08 Å². The summed E-state index contributed by atoms with van der Waals surface area (Å²) in [4.78, 5) is 10.8. The Labute approximate surface area is 94.3 Å². The smallest absolute Gasteiger partial charge is 0.330 e. The van der Waals surface area contributed by atoms with E-state index in [9.17, 15) is 4.79 Å². The van der Waals surface area contributed by atoms with Crippen LogP contribution in [0.3, 0.4) is 0 Å². The summed E-state index contributed by atoms with van der Waals surface area (Å²) in [7, 11) is 0. The maximum atomic E-state index is 10.8. The van der Waals surface area contributed by atoms with Crippen LogP contribution in [0.25, 0.3) is 0 Å². The van der Waals surface area contributed by atoms with Gasteiger partial charge in [-0.25, -0.2) is 4.79 Å². The average Bonchev–Trinajstić information content (AvgIpc) is 2.25. The van der Waals surface area contributed by atoms with Gasteiger partial charge in [0.05, 0.1) is 19.6 Å². The third-order valence-corrected chi connectivity index (χ3v) is 2.99. The number of rotatable bonds is 7. The summed E-state index contributed by atoms with van der Waals surface area (Å²) in [5.41, 5.74) is 0. The molecule has 0 aromatic rings. The van der Waals surface area contributed by atoms with Crippen molar-refractivity contribution in [2.75, 3.05) is 32.8 Å². The van der Waals surface area contributed by atoms with Gasteiger partial charge < -0.3 is 16.6 Å². The van der Waals surface area contributed by atoms with Crippen LogP contribution in [0.5, 0.6) is 0 Å². The highest BCUT2D eigenvalue weighted by Crippen LogP contribution is 2.05. The van der Waals surface area contributed by atoms with Gasteiger partial charge in [-0.1, -0.05) is 6.58 Å². The molecule has 0 heterocycles. The van der Waals surface area contributed by atoms with Gasteiger partial charge in [-0.2, -0.15) is 0 Å². The third-order valence-electron chi connectivity index (χ3n) is 2.99. The number of quaternary nitrogens is 1. The molecule has 0 bridgehead atoms. The van der Waals surface area contributed by atoms with Gasteiger partial charge in [0.2, 0.25) is 0 Å². The highest BCUT2D eigenvalue weighted by atomic mass is 16.5. The lowest BCUT2D eigenvalue weighted by molar-refractivity contribution is -0.923. The van der Waals surface area contributed by atoms with Gasteiger partial charge in [0.1, 0.15) is 13.2 Å². The molecule has 3 nitrogen and oxygen atoms in total. The first kappa shape index (κ1) is 16.6. The Morgan fingerprint density at radius 3 is 2.07 bits per heavy atom. The molecule has 15 heavy (non-hydrogen) atoms. The van der Waals surface area contributed by atoms with E-state index in [4.69, 9.17) is 4.74 Å². The minimum Gasteiger partial charge on any atom is -0.457 e. The van der Waals surface area contributed by atoms with Gasteiger partial charge in [0.25, 0.3) is 0 Å². The first-order chi connectivity index (χ1) is 6.64. The summed E-state index contributed by atoms with van der Waals surface area (Å²) in [6.07, 6.45) is 1.21. The van der Waals surface area contributed by atoms with Gasteiger partial charge in [-0.05, 0) is 20.8 Å². The lowest BCUT2D eigenvalue weighted by Gasteiger charge is -2.35. The average molecular weight is 215 g/mol. The van der Waals surface area contributed by atoms with Crippen LogP contribution in [0.4, 0.5) is 0 Å². The summed E-state index contributed by atoms with van der Waals surface area (Å²) < 4.78 is 5.98. The van der Waals surface area contributed by atoms with E-state index in [0.717, 1.165) is 30.7 Å². The van der Waals surface area contributed by atoms with E-state index < -0.39 is 0 Å². The number of hydrogen-bond donors (Lipinski definition) is 0. The van der Waals surface area contributed by atoms with Crippen molar-refractivity contribution < 1.29 is 14.0 Å². The van der Waals surface area contributed by atoms with E-state index in [0.29, 0.717) is 6.61 Å². The Kier molecular flexibility index (Phi) is 9.38. The van der Waals surface area contributed by atoms with E-state index in [1.165, 1.54) is 6.08 Å². The molecule has 0 fully saturated rings. The normalized spacial score (nSPS) is 10.3. The van der Waals surface area contributed by atoms with Crippen molar-refractivity contribution in [1.82, 2.24) is 0 Å². The first-order valence-corrected chi connectivity index (χ1v) is 5.28. The summed E-state index contributed by atoms with van der Waals surface area (Å²) in [6.45, 7) is 14.5. The number of ether oxygens (including phenoxy) is 1. The molecule has 90 valence electrons. The summed E-state index contributed by atoms with van der Waals surface area (Å²) in [5, 5.41) is 0. The minimum absolute atomic E-state index is 0. The number of likely N-dealkylation sites (N-methyl/N-ethyl adjacent to an activating group) is 1. The quantitative estimate of drug-likeness (QED) is 0.281. The number of carbonyl (C=O) groups excluding carboxylic acids is 1. The van der Waals surface area contributed by atoms with Crippen molar-refractivity contribution in [1.29, 1.82) is 0 Å². The van der Waals surface area contributed by atoms with Crippen LogP contribution in [-0.4, -0.2) is 43.2 Å². The third kappa shape index (κ3) is 5.57. The topological polar surface area (TPSA) is 26.3 Å². The molecule has 0 aliphatic carbocycles. The molecular formula is C12H25NO2. The largest absolute Gasteiger partial charge is 0.457 e. The van der Waals surface area contributed by atoms with E-state index in [1.807, 2.05) is 0 Å². The number of esters is 1. The first-order valence-electron chi connectivity index (χ1n) is 5.28. The summed E-state index contributed by atoms with van der Waals surface area (Å²) >= 11 is 0. The van der Waals surface area contributed by atoms with Crippen molar-refractivity contribution >= 4 is 5.97 Å². The SMILES string of the molecule is C=CC(=O)OCC[N+](CC)(CC)CC.[CH3-]. The van der Waals surface area contributed by atoms with E-state index in [2.05, 4.69) is 27.4 Å². The van der Waals surface area contributed by atoms with Gasteiger partial charge >= 0.3 is 5.97 Å². The molecule has 0 saturated carbocycles. The predicted octanol–water partition coefficient (Wildman–Crippen LogP) is 2.04. The zero-order valence-corrected chi connectivity index (χ0v) is 10.6. The Morgan fingerprint density at radius 2 is 1.73 bits per heavy atom. The zero-order valence-electron chi connectivity index (χ0n) is 10.6. The van der Waals surface area contributed by atoms with Crippen LogP contribution in [0.15, 0.2) is 12.7 Å². The molecule has 0 aliphatic rings. The van der Waals surface area contributed by atoms with Gasteiger partial charge in [-0.3, -0.25) is 0 Å². The number of carbonyl (C=O) groups is 1. The van der Waals surface area contributed by atoms with E-state index >= 15 is 0 Å². The van der Waals surface area contributed by atoms with Crippen molar-refractivity contribution in [3.63, 3.8) is 0 Å². The second-order valence-corrected chi connectivity index (χ2v) is 3.39. The Bertz CT molecular complexity index is 178. The molecule has 0 aliphatic heterocycles. The number of nitrogens with zero attached hydrogens (tertiary/aromatic N) is 1. The fraction of sp³-hybridized carbons (Fsp3) is 0.667. The molecule has 0 unspecified atom stereocenters. The molecule has 3 heteroatoms. The van der Waals surface area contributed by atoms with Gasteiger partial charge in [0.15, 0.2) is 0 Å². The second-order valence-electron chi connectivity index (χ2n) is 3.39. The highest BCUT2D eigenvalue weighted by molar-refractivity contribution is 5.81. The van der Waals surface area contributed by atoms with Crippen molar-refractivity contribution in [2.24, 2.45) is 0 Å². The Balaban J connectivity index is 0. The zero-order chi connectivity index (χ0) is 11.0. The molecule has 0 aromatic carbocycles. The predicted molar refractivity (Wildman–Crippen MR) is 64.3 cm³/mol. The van der Waals surface area contributed by atoms with Crippen LogP contribution in [0, 0.1) is 7.43 Å². The molecule has 0 spiro atoms. The minimum atomic E-state index is -0.327. The Hall–Kier alpha value is -0.830. The molecule has 0 amide bonds. The lowest BCUT2D eigenvalue weighted by Crippen LogP contribution is -2.49. The van der Waals surface area contributed by atoms with Crippen LogP contribution < -0.4 is 0 Å². The molecule has 0 N–H and O–H groups in total. The van der Waals surface area contributed by atoms with Crippen LogP contribution in [-0.2, 0) is 9.53 Å². The molecule has 0 saturated heterocycles. The standard InChI is InChI=1S/C11H22NO2.CH3/c1-5-11(13)14-10-9-12(6-2,7-3)8-4;/h5H,1,6-10H2,2-4H3;1H3/q+1;-1. The van der Waals surface area contributed by atoms with Crippen LogP contribution in [0.1, 0.15) is 20.8 Å². The summed E-state index contributed by atoms with van der Waals surface area (Å²) in [6, 6.07) is 0. The lowest BCUT2D eigenvalue weighted by atomic mass is 10.3. The van der Waals surface area contributed by atoms with E-state index in [1.54, 1.807) is 0 Å². The molecule has 0 aromatic heterocycles. The van der Waals surface area contributed by atoms with Crippen LogP contribution >= 0.6 is 0 Å². The number of hydrogen-bond acceptors (Lipinski definition) is 2. The van der Waals surface area contributed by atoms with Crippen LogP contribution in [0.2, 0.25) is 0 Å². The fourth-order valence-corrected chi connectivity index (χ4v) is 1.54. The second kappa shape index (κ2) is 8.48. The monoisotopic (exact) mass is 215 g/mol. The maximum absolute atomic E-state index is 10.8. The fourth-order valence-electron chi connectivity index (χ4n) is 1.54. The maximum Gasteiger partial charge on any atom is 0.330 e. The Morgan fingerprint density at radius 1 is 1.27 bits per heavy atom. The molecular weight excluding hydrogens is 190 g/mol. The van der Waals surface area contributed by atoms with Crippen molar-refractivity contribution in [3.8, 4) is 0 Å². The van der Waals surface area contributed by atoms with Gasteiger partial charge in [-0.15, -0.1) is 0 Å². The van der Waals surface area contributed by atoms with Crippen molar-refractivity contribution in [3.05, 3.63) is 20.1 Å². The van der Waals surface area contributed by atoms with E-state index in [-0.39, 0.29) is 13.4 Å².